The van der Waals surface area contributed by atoms with Gasteiger partial charge in [0, 0.05) is 56.3 Å². The third-order valence-electron chi connectivity index (χ3n) is 15.3. The first-order valence-corrected chi connectivity index (χ1v) is 26.0. The minimum absolute atomic E-state index is 0.00157. The molecule has 0 bridgehead atoms. The van der Waals surface area contributed by atoms with Crippen LogP contribution in [0.2, 0.25) is 0 Å². The number of fused-ring (bicyclic) bond motifs is 4. The van der Waals surface area contributed by atoms with Crippen molar-refractivity contribution < 1.29 is 43.4 Å². The number of piperazine rings is 1. The number of anilines is 2. The topological polar surface area (TPSA) is 229 Å². The first-order chi connectivity index (χ1) is 39.1. The molecule has 8 aromatic rings. The second kappa shape index (κ2) is 21.5. The number of morpholine rings is 1. The molecule has 80 heavy (non-hydrogen) atoms. The van der Waals surface area contributed by atoms with Gasteiger partial charge in [-0.15, -0.1) is 5.10 Å². The Morgan fingerprint density at radius 1 is 0.787 bits per heavy atom. The number of benzene rings is 6. The number of amides is 3. The van der Waals surface area contributed by atoms with Gasteiger partial charge in [-0.25, -0.2) is 24.3 Å². The number of nitrogens with zero attached hydrogens (tertiary/aromatic N) is 10. The van der Waals surface area contributed by atoms with Crippen LogP contribution in [0.15, 0.2) is 170 Å². The van der Waals surface area contributed by atoms with E-state index in [1.165, 1.54) is 24.3 Å². The molecule has 6 heterocycles. The van der Waals surface area contributed by atoms with Crippen molar-refractivity contribution in [3.8, 4) is 17.6 Å². The van der Waals surface area contributed by atoms with Gasteiger partial charge in [0.15, 0.2) is 0 Å². The van der Waals surface area contributed by atoms with Crippen molar-refractivity contribution >= 4 is 52.2 Å². The zero-order valence-corrected chi connectivity index (χ0v) is 42.8. The Balaban J connectivity index is 1.07. The standard InChI is InChI=1S/C60H50N10O10/c71-35-36-78-45-25-21-43(22-26-45)54-60(46-37-39(11-9-30-67-49-17-8-7-16-47(49)63-64-67)20-27-48(46)68(57(60)74)59(75)79-38-40-18-23-44(24-19-40)70(76)77)50(55(72)65-31-33-66(34-32-65)58-61-28-10-29-62-58)52-56(73)80-53(42-14-5-2-6-15-42)51(69(52)54)41-12-3-1-4-13-41/h1-8,10,12-29,37,50-54,71H,30-36,38H2. The number of rotatable bonds is 12. The van der Waals surface area contributed by atoms with Crippen molar-refractivity contribution in [1.29, 1.82) is 0 Å². The second-order valence-corrected chi connectivity index (χ2v) is 19.7. The minimum atomic E-state index is -2.13. The van der Waals surface area contributed by atoms with Crippen molar-refractivity contribution in [2.24, 2.45) is 5.92 Å². The van der Waals surface area contributed by atoms with E-state index >= 15 is 19.2 Å². The summed E-state index contributed by atoms with van der Waals surface area (Å²) in [7, 11) is 0. The van der Waals surface area contributed by atoms with Gasteiger partial charge in [-0.3, -0.25) is 29.4 Å². The predicted octanol–water partition coefficient (Wildman–Crippen LogP) is 6.90. The van der Waals surface area contributed by atoms with Gasteiger partial charge < -0.3 is 29.1 Å². The lowest BCUT2D eigenvalue weighted by Crippen LogP contribution is -2.59. The number of esters is 1. The molecule has 20 heteroatoms. The smallest absolute Gasteiger partial charge is 0.421 e. The maximum Gasteiger partial charge on any atom is 0.421 e. The maximum atomic E-state index is 16.9. The molecule has 6 unspecified atom stereocenters. The van der Waals surface area contributed by atoms with Crippen molar-refractivity contribution in [3.63, 3.8) is 0 Å². The molecule has 0 aliphatic carbocycles. The van der Waals surface area contributed by atoms with Gasteiger partial charge >= 0.3 is 12.1 Å². The van der Waals surface area contributed by atoms with Gasteiger partial charge in [0.25, 0.3) is 5.69 Å². The molecule has 4 aliphatic rings. The van der Waals surface area contributed by atoms with E-state index in [9.17, 15) is 15.2 Å². The Bertz CT molecular complexity index is 3700. The first kappa shape index (κ1) is 50.9. The number of nitro groups is 1. The lowest BCUT2D eigenvalue weighted by Gasteiger charge is -2.46. The molecule has 400 valence electrons. The molecule has 0 radical (unpaired) electrons. The highest BCUT2D eigenvalue weighted by molar-refractivity contribution is 6.23. The number of carbonyl (C=O) groups excluding carboxylic acids is 4. The van der Waals surface area contributed by atoms with E-state index in [1.807, 2.05) is 94.7 Å². The van der Waals surface area contributed by atoms with Gasteiger partial charge in [0.1, 0.15) is 48.6 Å². The van der Waals surface area contributed by atoms with Crippen LogP contribution in [0.4, 0.5) is 22.1 Å². The Kier molecular flexibility index (Phi) is 13.7. The fourth-order valence-electron chi connectivity index (χ4n) is 11.8. The number of hydrogen-bond acceptors (Lipinski definition) is 16. The third kappa shape index (κ3) is 9.06. The zero-order chi connectivity index (χ0) is 54.9. The van der Waals surface area contributed by atoms with Crippen LogP contribution in [0.3, 0.4) is 0 Å². The molecule has 1 spiro atoms. The molecule has 6 aromatic carbocycles. The number of aliphatic hydroxyl groups excluding tert-OH is 1. The number of nitro benzene ring substituents is 1. The number of non-ortho nitro benzene ring substituents is 1. The molecule has 2 aromatic heterocycles. The van der Waals surface area contributed by atoms with Crippen molar-refractivity contribution in [3.05, 3.63) is 214 Å². The third-order valence-corrected chi connectivity index (χ3v) is 15.3. The fraction of sp³-hybridized carbons (Fsp3) is 0.233. The molecule has 3 saturated heterocycles. The average Bonchev–Trinajstić information content (AvgIpc) is 2.46. The minimum Gasteiger partial charge on any atom is -0.491 e. The molecule has 1 N–H and O–H groups in total. The highest BCUT2D eigenvalue weighted by Crippen LogP contribution is 2.66. The molecular weight excluding hydrogens is 1020 g/mol. The average molecular weight is 1070 g/mol. The summed E-state index contributed by atoms with van der Waals surface area (Å²) in [5.41, 5.74) is 2.20. The molecule has 6 atom stereocenters. The zero-order valence-electron chi connectivity index (χ0n) is 42.8. The monoisotopic (exact) mass is 1070 g/mol. The van der Waals surface area contributed by atoms with Gasteiger partial charge in [-0.2, -0.15) is 0 Å². The molecule has 20 nitrogen and oxygen atoms in total. The van der Waals surface area contributed by atoms with Crippen LogP contribution in [-0.2, 0) is 42.4 Å². The van der Waals surface area contributed by atoms with Crippen LogP contribution >= 0.6 is 0 Å². The van der Waals surface area contributed by atoms with Gasteiger partial charge in [-0.05, 0) is 88.5 Å². The Labute approximate surface area is 457 Å². The van der Waals surface area contributed by atoms with E-state index in [0.717, 1.165) is 16.0 Å². The maximum absolute atomic E-state index is 16.9. The SMILES string of the molecule is O=C1OC(c2ccccc2)C(c2ccccc2)N2C1C(C(=O)N1CCN(c3ncccn3)CC1)C1(C(=O)N(C(=O)OCc3ccc([N+](=O)[O-])cc3)c3ccc(C#CCn4nnc5ccccc54)cc31)C2c1ccc(OCCO)cc1. The number of para-hydroxylation sites is 1. The van der Waals surface area contributed by atoms with Gasteiger partial charge in [0.2, 0.25) is 17.8 Å². The highest BCUT2D eigenvalue weighted by Gasteiger charge is 2.76. The lowest BCUT2D eigenvalue weighted by molar-refractivity contribution is -0.384. The van der Waals surface area contributed by atoms with Crippen LogP contribution in [-0.4, -0.2) is 114 Å². The number of hydrogen-bond donors (Lipinski definition) is 1. The second-order valence-electron chi connectivity index (χ2n) is 19.7. The van der Waals surface area contributed by atoms with Crippen molar-refractivity contribution in [2.75, 3.05) is 49.2 Å². The van der Waals surface area contributed by atoms with E-state index in [1.54, 1.807) is 70.5 Å². The summed E-state index contributed by atoms with van der Waals surface area (Å²) in [6, 6.07) is 41.9. The number of aromatic nitrogens is 5. The molecule has 0 saturated carbocycles. The molecule has 3 fully saturated rings. The number of ether oxygens (including phenoxy) is 3. The summed E-state index contributed by atoms with van der Waals surface area (Å²) >= 11 is 0. The molecular formula is C60H50N10O10. The van der Waals surface area contributed by atoms with Crippen LogP contribution in [0.25, 0.3) is 11.0 Å². The van der Waals surface area contributed by atoms with Crippen LogP contribution < -0.4 is 14.5 Å². The van der Waals surface area contributed by atoms with Crippen LogP contribution in [0.5, 0.6) is 5.75 Å². The number of carbonyl (C=O) groups is 4. The van der Waals surface area contributed by atoms with Crippen molar-refractivity contribution in [2.45, 2.75) is 42.8 Å². The quantitative estimate of drug-likeness (QED) is 0.0568. The summed E-state index contributed by atoms with van der Waals surface area (Å²) in [6.45, 7) is 0.474. The van der Waals surface area contributed by atoms with E-state index in [2.05, 4.69) is 32.1 Å². The molecule has 12 rings (SSSR count). The lowest BCUT2D eigenvalue weighted by atomic mass is 9.65. The Morgan fingerprint density at radius 2 is 1.49 bits per heavy atom. The summed E-state index contributed by atoms with van der Waals surface area (Å²) in [6.07, 6.45) is 1.22. The first-order valence-electron chi connectivity index (χ1n) is 26.0. The number of imide groups is 1. The predicted molar refractivity (Wildman–Crippen MR) is 289 cm³/mol. The summed E-state index contributed by atoms with van der Waals surface area (Å²) in [4.78, 5) is 90.6. The van der Waals surface area contributed by atoms with E-state index in [4.69, 9.17) is 14.2 Å². The Hall–Kier alpha value is -9.84. The van der Waals surface area contributed by atoms with E-state index in [-0.39, 0.29) is 56.4 Å². The largest absolute Gasteiger partial charge is 0.491 e. The fourth-order valence-corrected chi connectivity index (χ4v) is 11.8. The number of cyclic esters (lactones) is 1. The normalized spacial score (nSPS) is 21.4. The Morgan fingerprint density at radius 3 is 2.20 bits per heavy atom. The van der Waals surface area contributed by atoms with Crippen molar-refractivity contribution in [1.82, 2.24) is 34.8 Å². The molecule has 4 aliphatic heterocycles. The number of aliphatic hydroxyl groups is 1. The summed E-state index contributed by atoms with van der Waals surface area (Å²) < 4.78 is 20.2. The van der Waals surface area contributed by atoms with E-state index in [0.29, 0.717) is 52.6 Å². The molecule has 3 amide bonds. The highest BCUT2D eigenvalue weighted by atomic mass is 16.6. The summed E-state index contributed by atoms with van der Waals surface area (Å²) in [5.74, 6) is 3.66. The summed E-state index contributed by atoms with van der Waals surface area (Å²) in [5, 5.41) is 29.8. The van der Waals surface area contributed by atoms with E-state index < -0.39 is 64.4 Å². The van der Waals surface area contributed by atoms with Gasteiger partial charge in [-0.1, -0.05) is 102 Å². The van der Waals surface area contributed by atoms with Crippen LogP contribution in [0, 0.1) is 27.9 Å². The van der Waals surface area contributed by atoms with Gasteiger partial charge in [0.05, 0.1) is 40.7 Å². The van der Waals surface area contributed by atoms with Crippen LogP contribution in [0.1, 0.15) is 51.6 Å².